The number of aromatic nitrogens is 2. The van der Waals surface area contributed by atoms with Crippen LogP contribution in [0.3, 0.4) is 0 Å². The van der Waals surface area contributed by atoms with Crippen LogP contribution in [0, 0.1) is 0 Å². The lowest BCUT2D eigenvalue weighted by Crippen LogP contribution is -1.94. The first-order valence-electron chi connectivity index (χ1n) is 16.2. The van der Waals surface area contributed by atoms with Gasteiger partial charge in [-0.3, -0.25) is 4.98 Å². The number of furan rings is 2. The van der Waals surface area contributed by atoms with Gasteiger partial charge >= 0.3 is 0 Å². The fourth-order valence-corrected chi connectivity index (χ4v) is 7.72. The molecule has 0 fully saturated rings. The topological polar surface area (TPSA) is 52.1 Å². The Morgan fingerprint density at radius 1 is 0.417 bits per heavy atom. The van der Waals surface area contributed by atoms with Crippen LogP contribution in [0.5, 0.6) is 0 Å². The lowest BCUT2D eigenvalue weighted by atomic mass is 9.93. The summed E-state index contributed by atoms with van der Waals surface area (Å²) >= 11 is 0. The predicted molar refractivity (Wildman–Crippen MR) is 197 cm³/mol. The van der Waals surface area contributed by atoms with Crippen LogP contribution in [0.4, 0.5) is 0 Å². The molecule has 0 saturated carbocycles. The maximum Gasteiger partial charge on any atom is 0.147 e. The van der Waals surface area contributed by atoms with E-state index in [1.165, 1.54) is 10.8 Å². The Bertz CT molecular complexity index is 3010. The van der Waals surface area contributed by atoms with Gasteiger partial charge in [0.2, 0.25) is 0 Å². The minimum atomic E-state index is 0.811. The molecule has 0 radical (unpaired) electrons. The quantitative estimate of drug-likeness (QED) is 0.182. The third-order valence-electron chi connectivity index (χ3n) is 9.86. The van der Waals surface area contributed by atoms with E-state index < -0.39 is 0 Å². The third kappa shape index (κ3) is 3.49. The van der Waals surface area contributed by atoms with E-state index in [1.54, 1.807) is 0 Å². The van der Waals surface area contributed by atoms with Gasteiger partial charge in [-0.25, -0.2) is 4.98 Å². The minimum absolute atomic E-state index is 0.811. The first-order chi connectivity index (χ1) is 23.8. The second kappa shape index (κ2) is 9.50. The van der Waals surface area contributed by atoms with E-state index in [9.17, 15) is 0 Å². The number of hydrogen-bond acceptors (Lipinski definition) is 4. The van der Waals surface area contributed by atoms with E-state index >= 15 is 0 Å². The Kier molecular flexibility index (Phi) is 5.08. The molecule has 0 atom stereocenters. The molecule has 8 aromatic carbocycles. The minimum Gasteiger partial charge on any atom is -0.455 e. The zero-order valence-electron chi connectivity index (χ0n) is 25.6. The van der Waals surface area contributed by atoms with Crippen LogP contribution >= 0.6 is 0 Å². The van der Waals surface area contributed by atoms with Crippen LogP contribution in [0.25, 0.3) is 110 Å². The van der Waals surface area contributed by atoms with Crippen LogP contribution in [0.2, 0.25) is 0 Å². The van der Waals surface area contributed by atoms with Crippen molar-refractivity contribution < 1.29 is 8.83 Å². The molecule has 0 saturated heterocycles. The lowest BCUT2D eigenvalue weighted by molar-refractivity contribution is 0.658. The number of benzene rings is 8. The summed E-state index contributed by atoms with van der Waals surface area (Å²) < 4.78 is 13.3. The molecular weight excluding hydrogens is 588 g/mol. The van der Waals surface area contributed by atoms with Gasteiger partial charge in [-0.1, -0.05) is 109 Å². The molecule has 4 heteroatoms. The molecule has 0 bridgehead atoms. The summed E-state index contributed by atoms with van der Waals surface area (Å²) in [6, 6.07) is 48.6. The highest BCUT2D eigenvalue weighted by molar-refractivity contribution is 6.24. The van der Waals surface area contributed by atoms with E-state index in [4.69, 9.17) is 18.8 Å². The van der Waals surface area contributed by atoms with Crippen LogP contribution in [0.1, 0.15) is 0 Å². The maximum absolute atomic E-state index is 6.66. The Morgan fingerprint density at radius 2 is 0.938 bits per heavy atom. The molecule has 0 aliphatic carbocycles. The molecule has 0 N–H and O–H groups in total. The van der Waals surface area contributed by atoms with Gasteiger partial charge in [-0.05, 0) is 57.4 Å². The average molecular weight is 613 g/mol. The molecule has 0 amide bonds. The molecule has 222 valence electrons. The number of nitrogens with zero attached hydrogens (tertiary/aromatic N) is 2. The van der Waals surface area contributed by atoms with Crippen molar-refractivity contribution in [1.82, 2.24) is 9.97 Å². The predicted octanol–water partition coefficient (Wildman–Crippen LogP) is 12.2. The first kappa shape index (κ1) is 25.6. The molecule has 0 aliphatic rings. The lowest BCUT2D eigenvalue weighted by Gasteiger charge is -2.13. The Morgan fingerprint density at radius 3 is 1.58 bits per heavy atom. The molecular formula is C44H24N2O2. The summed E-state index contributed by atoms with van der Waals surface area (Å²) in [5, 5.41) is 11.1. The van der Waals surface area contributed by atoms with Gasteiger partial charge < -0.3 is 8.83 Å². The number of rotatable bonds is 2. The molecule has 3 heterocycles. The van der Waals surface area contributed by atoms with Crippen molar-refractivity contribution in [2.75, 3.05) is 0 Å². The van der Waals surface area contributed by atoms with Crippen molar-refractivity contribution >= 4 is 87.2 Å². The maximum atomic E-state index is 6.66. The Hall–Kier alpha value is -6.52. The summed E-state index contributed by atoms with van der Waals surface area (Å²) in [6.45, 7) is 0. The molecule has 4 nitrogen and oxygen atoms in total. The monoisotopic (exact) mass is 612 g/mol. The molecule has 48 heavy (non-hydrogen) atoms. The molecule has 0 unspecified atom stereocenters. The van der Waals surface area contributed by atoms with Gasteiger partial charge in [0.25, 0.3) is 0 Å². The van der Waals surface area contributed by atoms with Crippen molar-refractivity contribution in [3.63, 3.8) is 0 Å². The van der Waals surface area contributed by atoms with E-state index in [0.717, 1.165) is 98.8 Å². The zero-order chi connectivity index (χ0) is 31.3. The fraction of sp³-hybridized carbons (Fsp3) is 0. The fourth-order valence-electron chi connectivity index (χ4n) is 7.72. The van der Waals surface area contributed by atoms with E-state index in [1.807, 2.05) is 30.5 Å². The summed E-state index contributed by atoms with van der Waals surface area (Å²) in [4.78, 5) is 10.5. The van der Waals surface area contributed by atoms with Crippen LogP contribution in [-0.4, -0.2) is 9.97 Å². The second-order valence-electron chi connectivity index (χ2n) is 12.5. The number of hydrogen-bond donors (Lipinski definition) is 0. The highest BCUT2D eigenvalue weighted by Crippen LogP contribution is 2.46. The third-order valence-corrected chi connectivity index (χ3v) is 9.86. The summed E-state index contributed by atoms with van der Waals surface area (Å²) in [7, 11) is 0. The SMILES string of the molecule is c1ccc2c(-c3cnc4c5ccccc5c5ccccc5c4n3)cc(-c3c4oc5ccccc5c4cc4c3oc3ccccc34)cc2c1. The smallest absolute Gasteiger partial charge is 0.147 e. The van der Waals surface area contributed by atoms with E-state index in [0.29, 0.717) is 0 Å². The van der Waals surface area contributed by atoms with Crippen molar-refractivity contribution in [3.8, 4) is 22.4 Å². The van der Waals surface area contributed by atoms with Crippen molar-refractivity contribution in [2.45, 2.75) is 0 Å². The van der Waals surface area contributed by atoms with Crippen molar-refractivity contribution in [3.05, 3.63) is 146 Å². The van der Waals surface area contributed by atoms with Gasteiger partial charge in [0.15, 0.2) is 0 Å². The van der Waals surface area contributed by atoms with Crippen LogP contribution in [0.15, 0.2) is 155 Å². The number of fused-ring (bicyclic) bond motifs is 13. The molecule has 3 aromatic heterocycles. The molecule has 11 aromatic rings. The van der Waals surface area contributed by atoms with Crippen LogP contribution in [-0.2, 0) is 0 Å². The van der Waals surface area contributed by atoms with Gasteiger partial charge in [-0.2, -0.15) is 0 Å². The largest absolute Gasteiger partial charge is 0.455 e. The van der Waals surface area contributed by atoms with Crippen molar-refractivity contribution in [2.24, 2.45) is 0 Å². The zero-order valence-corrected chi connectivity index (χ0v) is 25.6. The molecule has 11 rings (SSSR count). The Labute approximate surface area is 273 Å². The first-order valence-corrected chi connectivity index (χ1v) is 16.2. The summed E-state index contributed by atoms with van der Waals surface area (Å²) in [5.74, 6) is 0. The van der Waals surface area contributed by atoms with E-state index in [-0.39, 0.29) is 0 Å². The molecule has 0 spiro atoms. The average Bonchev–Trinajstić information content (AvgIpc) is 3.71. The van der Waals surface area contributed by atoms with Crippen LogP contribution < -0.4 is 0 Å². The standard InChI is InChI=1S/C44H24N2O2/c1-2-12-27-25(11-1)21-26(22-34(27)37-24-45-41-32-17-5-3-13-28(32)29-14-4-6-18-33(29)42(41)46-37)40-43-35(30-15-7-9-19-38(30)47-43)23-36-31-16-8-10-20-39(31)48-44(36)40/h1-24H. The van der Waals surface area contributed by atoms with Crippen molar-refractivity contribution in [1.29, 1.82) is 0 Å². The van der Waals surface area contributed by atoms with Gasteiger partial charge in [0, 0.05) is 37.9 Å². The summed E-state index contributed by atoms with van der Waals surface area (Å²) in [6.07, 6.45) is 1.92. The molecule has 0 aliphatic heterocycles. The van der Waals surface area contributed by atoms with Gasteiger partial charge in [0.1, 0.15) is 22.3 Å². The number of para-hydroxylation sites is 2. The van der Waals surface area contributed by atoms with Gasteiger partial charge in [0.05, 0.1) is 28.5 Å². The highest BCUT2D eigenvalue weighted by atomic mass is 16.3. The Balaban J connectivity index is 1.26. The van der Waals surface area contributed by atoms with E-state index in [2.05, 4.69) is 115 Å². The highest BCUT2D eigenvalue weighted by Gasteiger charge is 2.22. The van der Waals surface area contributed by atoms with Gasteiger partial charge in [-0.15, -0.1) is 0 Å². The summed E-state index contributed by atoms with van der Waals surface area (Å²) in [5.41, 5.74) is 8.90. The normalized spacial score (nSPS) is 12.2. The second-order valence-corrected chi connectivity index (χ2v) is 12.5.